The van der Waals surface area contributed by atoms with Crippen LogP contribution in [0.5, 0.6) is 0 Å². The highest BCUT2D eigenvalue weighted by atomic mass is 31.2. The van der Waals surface area contributed by atoms with E-state index in [-0.39, 0.29) is 0 Å². The van der Waals surface area contributed by atoms with E-state index >= 15 is 0 Å². The maximum atomic E-state index is 2.38. The van der Waals surface area contributed by atoms with Gasteiger partial charge in [-0.15, -0.1) is 0 Å². The van der Waals surface area contributed by atoms with Crippen molar-refractivity contribution in [2.45, 2.75) is 41.5 Å². The van der Waals surface area contributed by atoms with Crippen LogP contribution >= 0.6 is 7.26 Å². The lowest BCUT2D eigenvalue weighted by atomic mass is 10.1. The third-order valence-corrected chi connectivity index (χ3v) is 11.6. The highest BCUT2D eigenvalue weighted by Gasteiger charge is 2.51. The molecule has 0 aliphatic heterocycles. The molecule has 31 heavy (non-hydrogen) atoms. The molecule has 4 rings (SSSR count). The van der Waals surface area contributed by atoms with Gasteiger partial charge in [-0.1, -0.05) is 54.6 Å². The predicted molar refractivity (Wildman–Crippen MR) is 140 cm³/mol. The summed E-state index contributed by atoms with van der Waals surface area (Å²) in [6, 6.07) is 31.8. The minimum Gasteiger partial charge on any atom is -0.0620 e. The minimum atomic E-state index is -2.10. The van der Waals surface area contributed by atoms with Gasteiger partial charge in [0.2, 0.25) is 0 Å². The van der Waals surface area contributed by atoms with Crippen molar-refractivity contribution in [2.75, 3.05) is 0 Å². The second-order valence-corrected chi connectivity index (χ2v) is 12.0. The molecule has 0 spiro atoms. The fourth-order valence-corrected chi connectivity index (χ4v) is 9.95. The highest BCUT2D eigenvalue weighted by molar-refractivity contribution is 8.01. The third-order valence-electron chi connectivity index (χ3n) is 6.96. The topological polar surface area (TPSA) is 0 Å². The maximum absolute atomic E-state index is 2.38. The Morgan fingerprint density at radius 2 is 0.742 bits per heavy atom. The molecule has 0 unspecified atom stereocenters. The zero-order chi connectivity index (χ0) is 22.2. The van der Waals surface area contributed by atoms with Crippen LogP contribution in [0.2, 0.25) is 0 Å². The molecule has 0 aliphatic carbocycles. The summed E-state index contributed by atoms with van der Waals surface area (Å²) in [5.41, 5.74) is 8.28. The molecule has 1 heteroatoms. The van der Waals surface area contributed by atoms with Crippen LogP contribution < -0.4 is 21.2 Å². The molecule has 0 saturated carbocycles. The summed E-state index contributed by atoms with van der Waals surface area (Å²) in [6.45, 7) is 13.6. The molecule has 4 aromatic carbocycles. The average molecular weight is 424 g/mol. The molecule has 156 valence electrons. The summed E-state index contributed by atoms with van der Waals surface area (Å²) in [7, 11) is -2.10. The maximum Gasteiger partial charge on any atom is 0.145 e. The molecule has 0 nitrogen and oxygen atoms in total. The molecule has 0 heterocycles. The average Bonchev–Trinajstić information content (AvgIpc) is 2.77. The number of hydrogen-bond donors (Lipinski definition) is 0. The van der Waals surface area contributed by atoms with Crippen LogP contribution in [0.1, 0.15) is 33.4 Å². The first-order valence-corrected chi connectivity index (χ1v) is 12.8. The summed E-state index contributed by atoms with van der Waals surface area (Å²) >= 11 is 0. The Bertz CT molecular complexity index is 1110. The van der Waals surface area contributed by atoms with E-state index in [2.05, 4.69) is 126 Å². The van der Waals surface area contributed by atoms with E-state index in [1.165, 1.54) is 54.6 Å². The zero-order valence-corrected chi connectivity index (χ0v) is 20.4. The fraction of sp³-hybridized carbons (Fsp3) is 0.200. The molecule has 0 N–H and O–H groups in total. The van der Waals surface area contributed by atoms with Gasteiger partial charge >= 0.3 is 0 Å². The van der Waals surface area contributed by atoms with Gasteiger partial charge in [-0.25, -0.2) is 0 Å². The van der Waals surface area contributed by atoms with Gasteiger partial charge in [0, 0.05) is 0 Å². The van der Waals surface area contributed by atoms with Gasteiger partial charge < -0.3 is 0 Å². The number of hydrogen-bond acceptors (Lipinski definition) is 0. The molecule has 0 saturated heterocycles. The van der Waals surface area contributed by atoms with E-state index < -0.39 is 7.26 Å². The lowest BCUT2D eigenvalue weighted by Crippen LogP contribution is -2.42. The quantitative estimate of drug-likeness (QED) is 0.345. The standard InChI is InChI=1S/C30H32P/c1-21-13-10-18-28(24(21)4)31(27-16-8-7-9-17-27,29-19-11-14-22(2)25(29)5)30-20-12-15-23(3)26(30)6/h7-20H,1-6H3/q+1. The van der Waals surface area contributed by atoms with Crippen molar-refractivity contribution in [2.24, 2.45) is 0 Å². The van der Waals surface area contributed by atoms with Crippen LogP contribution in [-0.2, 0) is 0 Å². The molecular formula is C30H32P+. The summed E-state index contributed by atoms with van der Waals surface area (Å²) in [6.07, 6.45) is 0. The van der Waals surface area contributed by atoms with E-state index in [0.29, 0.717) is 0 Å². The van der Waals surface area contributed by atoms with Crippen LogP contribution in [-0.4, -0.2) is 0 Å². The lowest BCUT2D eigenvalue weighted by molar-refractivity contribution is 1.35. The molecule has 4 aromatic rings. The molecular weight excluding hydrogens is 391 g/mol. The van der Waals surface area contributed by atoms with Crippen molar-refractivity contribution >= 4 is 28.5 Å². The Hall–Kier alpha value is -2.69. The SMILES string of the molecule is Cc1cccc([P+](c2ccccc2)(c2cccc(C)c2C)c2cccc(C)c2C)c1C. The molecule has 0 aliphatic rings. The fourth-order valence-electron chi connectivity index (χ4n) is 4.76. The minimum absolute atomic E-state index is 1.36. The van der Waals surface area contributed by atoms with Gasteiger partial charge in [0.25, 0.3) is 0 Å². The van der Waals surface area contributed by atoms with Gasteiger partial charge in [0.05, 0.1) is 0 Å². The van der Waals surface area contributed by atoms with Crippen LogP contribution in [0.15, 0.2) is 84.9 Å². The normalized spacial score (nSPS) is 11.5. The van der Waals surface area contributed by atoms with Crippen molar-refractivity contribution in [3.63, 3.8) is 0 Å². The summed E-state index contributed by atoms with van der Waals surface area (Å²) in [5.74, 6) is 0. The Kier molecular flexibility index (Phi) is 5.87. The Morgan fingerprint density at radius 3 is 1.10 bits per heavy atom. The molecule has 0 aromatic heterocycles. The molecule has 0 fully saturated rings. The van der Waals surface area contributed by atoms with Gasteiger partial charge in [-0.2, -0.15) is 0 Å². The first kappa shape index (κ1) is 21.5. The Balaban J connectivity index is 2.30. The summed E-state index contributed by atoms with van der Waals surface area (Å²) in [4.78, 5) is 0. The lowest BCUT2D eigenvalue weighted by Gasteiger charge is -2.32. The molecule has 0 radical (unpaired) electrons. The third kappa shape index (κ3) is 3.44. The summed E-state index contributed by atoms with van der Waals surface area (Å²) in [5, 5.41) is 5.84. The number of rotatable bonds is 4. The molecule has 0 amide bonds. The predicted octanol–water partition coefficient (Wildman–Crippen LogP) is 6.16. The van der Waals surface area contributed by atoms with Crippen molar-refractivity contribution in [3.05, 3.63) is 118 Å². The van der Waals surface area contributed by atoms with Crippen molar-refractivity contribution in [1.82, 2.24) is 0 Å². The smallest absolute Gasteiger partial charge is 0.0620 e. The van der Waals surface area contributed by atoms with E-state index in [0.717, 1.165) is 0 Å². The largest absolute Gasteiger partial charge is 0.145 e. The van der Waals surface area contributed by atoms with Gasteiger partial charge in [-0.3, -0.25) is 0 Å². The van der Waals surface area contributed by atoms with Gasteiger partial charge in [-0.05, 0) is 105 Å². The van der Waals surface area contributed by atoms with Crippen LogP contribution in [0.3, 0.4) is 0 Å². The van der Waals surface area contributed by atoms with Crippen molar-refractivity contribution in [3.8, 4) is 0 Å². The van der Waals surface area contributed by atoms with Gasteiger partial charge in [0.1, 0.15) is 28.5 Å². The Labute approximate surface area is 188 Å². The first-order chi connectivity index (χ1) is 14.9. The molecule has 0 atom stereocenters. The monoisotopic (exact) mass is 423 g/mol. The van der Waals surface area contributed by atoms with E-state index in [4.69, 9.17) is 0 Å². The number of benzene rings is 4. The van der Waals surface area contributed by atoms with E-state index in [1.54, 1.807) is 0 Å². The van der Waals surface area contributed by atoms with Crippen molar-refractivity contribution in [1.29, 1.82) is 0 Å². The first-order valence-electron chi connectivity index (χ1n) is 11.0. The van der Waals surface area contributed by atoms with Crippen LogP contribution in [0.4, 0.5) is 0 Å². The highest BCUT2D eigenvalue weighted by Crippen LogP contribution is 2.56. The summed E-state index contributed by atoms with van der Waals surface area (Å²) < 4.78 is 0. The van der Waals surface area contributed by atoms with Crippen LogP contribution in [0, 0.1) is 41.5 Å². The molecule has 0 bridgehead atoms. The van der Waals surface area contributed by atoms with Gasteiger partial charge in [0.15, 0.2) is 0 Å². The second-order valence-electron chi connectivity index (χ2n) is 8.66. The van der Waals surface area contributed by atoms with Crippen molar-refractivity contribution < 1.29 is 0 Å². The van der Waals surface area contributed by atoms with E-state index in [1.807, 2.05) is 0 Å². The Morgan fingerprint density at radius 1 is 0.387 bits per heavy atom. The zero-order valence-electron chi connectivity index (χ0n) is 19.5. The van der Waals surface area contributed by atoms with Crippen LogP contribution in [0.25, 0.3) is 0 Å². The number of aryl methyl sites for hydroxylation is 3. The second kappa shape index (κ2) is 8.45. The van der Waals surface area contributed by atoms with E-state index in [9.17, 15) is 0 Å².